The lowest BCUT2D eigenvalue weighted by Gasteiger charge is -2.35. The van der Waals surface area contributed by atoms with Gasteiger partial charge in [-0.15, -0.1) is 0 Å². The Balaban J connectivity index is 1.34. The molecule has 0 saturated carbocycles. The van der Waals surface area contributed by atoms with Crippen LogP contribution in [0.15, 0.2) is 59.3 Å². The van der Waals surface area contributed by atoms with Crippen molar-refractivity contribution in [1.82, 2.24) is 20.0 Å². The van der Waals surface area contributed by atoms with Crippen LogP contribution in [-0.4, -0.2) is 50.4 Å². The normalized spacial score (nSPS) is 20.8. The number of nitrogens with zero attached hydrogens (tertiary/aromatic N) is 4. The lowest BCUT2D eigenvalue weighted by Crippen LogP contribution is -2.49. The largest absolute Gasteiger partial charge is 0.390 e. The van der Waals surface area contributed by atoms with Crippen LogP contribution in [0.3, 0.4) is 0 Å². The molecule has 1 aromatic carbocycles. The molecule has 134 valence electrons. The van der Waals surface area contributed by atoms with Gasteiger partial charge in [-0.2, -0.15) is 4.98 Å². The minimum Gasteiger partial charge on any atom is -0.390 e. The molecule has 7 nitrogen and oxygen atoms in total. The van der Waals surface area contributed by atoms with Crippen LogP contribution in [0.4, 0.5) is 6.01 Å². The summed E-state index contributed by atoms with van der Waals surface area (Å²) in [6.45, 7) is 2.18. The number of β-amino-alcohol motifs (C(OH)–C–C–N with tert-alkyl or cyclic N) is 1. The van der Waals surface area contributed by atoms with Gasteiger partial charge in [0.05, 0.1) is 17.8 Å². The van der Waals surface area contributed by atoms with Gasteiger partial charge in [0.1, 0.15) is 0 Å². The quantitative estimate of drug-likeness (QED) is 0.728. The van der Waals surface area contributed by atoms with Crippen molar-refractivity contribution in [1.29, 1.82) is 0 Å². The molecule has 26 heavy (non-hydrogen) atoms. The van der Waals surface area contributed by atoms with E-state index in [4.69, 9.17) is 4.52 Å². The lowest BCUT2D eigenvalue weighted by molar-refractivity contribution is 0.0546. The molecule has 0 bridgehead atoms. The van der Waals surface area contributed by atoms with Gasteiger partial charge in [0.15, 0.2) is 0 Å². The molecule has 1 aliphatic rings. The third kappa shape index (κ3) is 3.89. The predicted octanol–water partition coefficient (Wildman–Crippen LogP) is 2.18. The highest BCUT2D eigenvalue weighted by atomic mass is 16.5. The van der Waals surface area contributed by atoms with Gasteiger partial charge in [-0.1, -0.05) is 41.6 Å². The second-order valence-corrected chi connectivity index (χ2v) is 6.45. The molecular formula is C19H21N5O2. The van der Waals surface area contributed by atoms with E-state index < -0.39 is 6.10 Å². The zero-order valence-corrected chi connectivity index (χ0v) is 14.3. The van der Waals surface area contributed by atoms with Gasteiger partial charge in [0.25, 0.3) is 0 Å². The Labute approximate surface area is 151 Å². The molecular weight excluding hydrogens is 330 g/mol. The highest BCUT2D eigenvalue weighted by Gasteiger charge is 2.29. The number of aliphatic hydroxyl groups excluding tert-OH is 1. The van der Waals surface area contributed by atoms with Crippen molar-refractivity contribution >= 4 is 6.01 Å². The van der Waals surface area contributed by atoms with E-state index in [1.165, 1.54) is 0 Å². The third-order valence-corrected chi connectivity index (χ3v) is 4.54. The van der Waals surface area contributed by atoms with Gasteiger partial charge < -0.3 is 14.9 Å². The number of likely N-dealkylation sites (tertiary alicyclic amines) is 1. The monoisotopic (exact) mass is 351 g/mol. The minimum absolute atomic E-state index is 0.112. The first-order valence-electron chi connectivity index (χ1n) is 8.74. The van der Waals surface area contributed by atoms with Crippen LogP contribution in [0, 0.1) is 0 Å². The topological polar surface area (TPSA) is 87.3 Å². The number of hydrogen-bond acceptors (Lipinski definition) is 7. The van der Waals surface area contributed by atoms with Gasteiger partial charge in [0.2, 0.25) is 5.82 Å². The van der Waals surface area contributed by atoms with Gasteiger partial charge >= 0.3 is 6.01 Å². The van der Waals surface area contributed by atoms with Crippen molar-refractivity contribution in [2.75, 3.05) is 18.4 Å². The van der Waals surface area contributed by atoms with Crippen LogP contribution in [0.5, 0.6) is 0 Å². The van der Waals surface area contributed by atoms with E-state index in [1.807, 2.05) is 48.5 Å². The number of hydrogen-bond donors (Lipinski definition) is 2. The van der Waals surface area contributed by atoms with Crippen molar-refractivity contribution in [2.24, 2.45) is 0 Å². The Morgan fingerprint density at radius 1 is 1.15 bits per heavy atom. The summed E-state index contributed by atoms with van der Waals surface area (Å²) in [6.07, 6.45) is 2.07. The van der Waals surface area contributed by atoms with E-state index in [1.54, 1.807) is 6.20 Å². The molecule has 7 heteroatoms. The fourth-order valence-electron chi connectivity index (χ4n) is 3.18. The summed E-state index contributed by atoms with van der Waals surface area (Å²) >= 11 is 0. The van der Waals surface area contributed by atoms with E-state index in [9.17, 15) is 5.11 Å². The number of anilines is 1. The highest BCUT2D eigenvalue weighted by Crippen LogP contribution is 2.20. The Hall–Kier alpha value is -2.77. The molecule has 0 aliphatic carbocycles. The zero-order chi connectivity index (χ0) is 17.8. The van der Waals surface area contributed by atoms with E-state index in [-0.39, 0.29) is 6.04 Å². The summed E-state index contributed by atoms with van der Waals surface area (Å²) < 4.78 is 5.29. The summed E-state index contributed by atoms with van der Waals surface area (Å²) in [7, 11) is 0. The maximum Gasteiger partial charge on any atom is 0.322 e. The summed E-state index contributed by atoms with van der Waals surface area (Å²) in [5.41, 5.74) is 1.91. The summed E-state index contributed by atoms with van der Waals surface area (Å²) in [5.74, 6) is 0.537. The van der Waals surface area contributed by atoms with Crippen LogP contribution in [0.1, 0.15) is 12.1 Å². The maximum absolute atomic E-state index is 10.5. The maximum atomic E-state index is 10.5. The molecule has 0 amide bonds. The first-order valence-corrected chi connectivity index (χ1v) is 8.74. The second kappa shape index (κ2) is 7.63. The highest BCUT2D eigenvalue weighted by molar-refractivity contribution is 5.55. The Morgan fingerprint density at radius 3 is 2.77 bits per heavy atom. The van der Waals surface area contributed by atoms with Crippen molar-refractivity contribution < 1.29 is 9.63 Å². The molecule has 1 aliphatic heterocycles. The van der Waals surface area contributed by atoms with Crippen molar-refractivity contribution in [3.63, 3.8) is 0 Å². The smallest absolute Gasteiger partial charge is 0.322 e. The Morgan fingerprint density at radius 2 is 2.00 bits per heavy atom. The third-order valence-electron chi connectivity index (χ3n) is 4.54. The molecule has 1 saturated heterocycles. The molecule has 0 radical (unpaired) electrons. The van der Waals surface area contributed by atoms with Gasteiger partial charge in [-0.25, -0.2) is 0 Å². The Bertz CT molecular complexity index is 824. The summed E-state index contributed by atoms with van der Waals surface area (Å²) in [4.78, 5) is 10.9. The molecule has 1 fully saturated rings. The predicted molar refractivity (Wildman–Crippen MR) is 97.3 cm³/mol. The second-order valence-electron chi connectivity index (χ2n) is 6.45. The number of rotatable bonds is 5. The molecule has 2 aromatic heterocycles. The molecule has 4 rings (SSSR count). The van der Waals surface area contributed by atoms with Crippen LogP contribution in [0.25, 0.3) is 11.4 Å². The fourth-order valence-corrected chi connectivity index (χ4v) is 3.18. The summed E-state index contributed by atoms with van der Waals surface area (Å²) in [5, 5.41) is 17.7. The zero-order valence-electron chi connectivity index (χ0n) is 14.3. The van der Waals surface area contributed by atoms with Crippen molar-refractivity contribution in [3.8, 4) is 11.4 Å². The average molecular weight is 351 g/mol. The first kappa shape index (κ1) is 16.7. The van der Waals surface area contributed by atoms with E-state index in [2.05, 4.69) is 25.3 Å². The van der Waals surface area contributed by atoms with Crippen molar-refractivity contribution in [2.45, 2.75) is 25.1 Å². The molecule has 0 unspecified atom stereocenters. The molecule has 2 N–H and O–H groups in total. The van der Waals surface area contributed by atoms with Crippen LogP contribution in [0.2, 0.25) is 0 Å². The first-order chi connectivity index (χ1) is 12.8. The summed E-state index contributed by atoms with van der Waals surface area (Å²) in [6, 6.07) is 15.8. The van der Waals surface area contributed by atoms with E-state index >= 15 is 0 Å². The number of benzene rings is 1. The van der Waals surface area contributed by atoms with Gasteiger partial charge in [0, 0.05) is 31.4 Å². The number of aromatic nitrogens is 3. The molecule has 3 aromatic rings. The molecule has 2 atom stereocenters. The standard InChI is InChI=1S/C19H21N5O2/c25-17-13-24(12-15-8-4-5-10-20-15)11-9-16(17)21-19-22-18(23-26-19)14-6-2-1-3-7-14/h1-8,10,16-17,25H,9,11-13H2,(H,21,22,23)/t16-,17-/m1/s1. The molecule has 3 heterocycles. The van der Waals surface area contributed by atoms with Crippen LogP contribution < -0.4 is 5.32 Å². The average Bonchev–Trinajstić information content (AvgIpc) is 3.14. The van der Waals surface area contributed by atoms with Crippen molar-refractivity contribution in [3.05, 3.63) is 60.4 Å². The fraction of sp³-hybridized carbons (Fsp3) is 0.316. The number of piperidine rings is 1. The van der Waals surface area contributed by atoms with Gasteiger partial charge in [-0.05, 0) is 18.6 Å². The minimum atomic E-state index is -0.514. The Kier molecular flexibility index (Phi) is 4.90. The van der Waals surface area contributed by atoms with E-state index in [0.29, 0.717) is 18.4 Å². The number of aliphatic hydroxyl groups is 1. The van der Waals surface area contributed by atoms with E-state index in [0.717, 1.165) is 30.8 Å². The van der Waals surface area contributed by atoms with Crippen LogP contribution in [-0.2, 0) is 6.54 Å². The SMILES string of the molecule is O[C@@H]1CN(Cc2ccccn2)CC[C@H]1Nc1nc(-c2ccccc2)no1. The lowest BCUT2D eigenvalue weighted by atomic mass is 10.0. The van der Waals surface area contributed by atoms with Crippen LogP contribution >= 0.6 is 0 Å². The number of pyridine rings is 1. The molecule has 0 spiro atoms. The number of nitrogens with one attached hydrogen (secondary N) is 1. The van der Waals surface area contributed by atoms with Gasteiger partial charge in [-0.3, -0.25) is 9.88 Å².